The minimum Gasteiger partial charge on any atom is -0.271 e. The molecule has 3 nitrogen and oxygen atoms in total. The first-order chi connectivity index (χ1) is 8.19. The summed E-state index contributed by atoms with van der Waals surface area (Å²) in [5, 5.41) is 0.693. The number of nitrogens with one attached hydrogen (secondary N) is 1. The van der Waals surface area contributed by atoms with Crippen molar-refractivity contribution in [2.45, 2.75) is 12.5 Å². The fourth-order valence-corrected chi connectivity index (χ4v) is 3.12. The molecule has 90 valence electrons. The lowest BCUT2D eigenvalue weighted by Crippen LogP contribution is -2.29. The van der Waals surface area contributed by atoms with Crippen molar-refractivity contribution < 1.29 is 0 Å². The minimum absolute atomic E-state index is 0.0328. The predicted octanol–water partition coefficient (Wildman–Crippen LogP) is 3.31. The average molecular weight is 333 g/mol. The Hall–Kier alpha value is -0.460. The molecule has 0 spiro atoms. The highest BCUT2D eigenvalue weighted by molar-refractivity contribution is 9.10. The molecule has 2 aromatic rings. The van der Waals surface area contributed by atoms with Gasteiger partial charge in [0.2, 0.25) is 0 Å². The van der Waals surface area contributed by atoms with E-state index >= 15 is 0 Å². The van der Waals surface area contributed by atoms with E-state index in [0.717, 1.165) is 16.5 Å². The van der Waals surface area contributed by atoms with Gasteiger partial charge in [0.05, 0.1) is 11.6 Å². The van der Waals surface area contributed by atoms with Crippen LogP contribution < -0.4 is 11.3 Å². The molecule has 0 radical (unpaired) electrons. The van der Waals surface area contributed by atoms with Crippen LogP contribution >= 0.6 is 38.9 Å². The number of aromatic nitrogens is 1. The Balaban J connectivity index is 2.22. The zero-order valence-corrected chi connectivity index (χ0v) is 12.0. The molecule has 0 amide bonds. The fraction of sp³-hybridized carbons (Fsp3) is 0.182. The maximum atomic E-state index is 6.02. The summed E-state index contributed by atoms with van der Waals surface area (Å²) in [7, 11) is 0. The van der Waals surface area contributed by atoms with E-state index in [1.807, 2.05) is 29.9 Å². The van der Waals surface area contributed by atoms with Gasteiger partial charge in [0.15, 0.2) is 0 Å². The topological polar surface area (TPSA) is 50.9 Å². The monoisotopic (exact) mass is 331 g/mol. The highest BCUT2D eigenvalue weighted by Crippen LogP contribution is 2.26. The van der Waals surface area contributed by atoms with Crippen molar-refractivity contribution in [3.8, 4) is 0 Å². The summed E-state index contributed by atoms with van der Waals surface area (Å²) in [5.74, 6) is 5.60. The molecule has 0 aliphatic heterocycles. The summed E-state index contributed by atoms with van der Waals surface area (Å²) in [6.45, 7) is 0. The lowest BCUT2D eigenvalue weighted by molar-refractivity contribution is 0.555. The molecule has 1 unspecified atom stereocenters. The number of thiazole rings is 1. The molecule has 0 fully saturated rings. The van der Waals surface area contributed by atoms with Crippen molar-refractivity contribution in [2.24, 2.45) is 5.84 Å². The third-order valence-corrected chi connectivity index (χ3v) is 3.86. The van der Waals surface area contributed by atoms with E-state index in [0.29, 0.717) is 5.02 Å². The summed E-state index contributed by atoms with van der Waals surface area (Å²) in [6, 6.07) is 5.81. The van der Waals surface area contributed by atoms with Crippen LogP contribution in [0.25, 0.3) is 0 Å². The van der Waals surface area contributed by atoms with Crippen LogP contribution in [0.5, 0.6) is 0 Å². The first kappa shape index (κ1) is 13.0. The molecule has 3 N–H and O–H groups in total. The van der Waals surface area contributed by atoms with Gasteiger partial charge in [-0.05, 0) is 23.8 Å². The van der Waals surface area contributed by atoms with Crippen LogP contribution in [-0.4, -0.2) is 4.98 Å². The molecule has 1 aromatic carbocycles. The van der Waals surface area contributed by atoms with E-state index in [2.05, 4.69) is 26.3 Å². The molecule has 0 aliphatic rings. The van der Waals surface area contributed by atoms with E-state index in [9.17, 15) is 0 Å². The summed E-state index contributed by atoms with van der Waals surface area (Å²) in [5.41, 5.74) is 5.68. The van der Waals surface area contributed by atoms with Crippen LogP contribution in [0.3, 0.4) is 0 Å². The largest absolute Gasteiger partial charge is 0.271 e. The number of hydrogen-bond donors (Lipinski definition) is 2. The van der Waals surface area contributed by atoms with Gasteiger partial charge in [0.25, 0.3) is 0 Å². The fourth-order valence-electron chi connectivity index (χ4n) is 1.59. The van der Waals surface area contributed by atoms with Crippen LogP contribution in [0.15, 0.2) is 34.4 Å². The summed E-state index contributed by atoms with van der Waals surface area (Å²) < 4.78 is 0.949. The standard InChI is InChI=1S/C11H11BrClN3S/c12-8-1-7(2-9(13)3-8)11(16-14)4-10-5-15-6-17-10/h1-3,5-6,11,16H,4,14H2. The van der Waals surface area contributed by atoms with Gasteiger partial charge in [0, 0.05) is 27.0 Å². The Morgan fingerprint density at radius 3 is 2.88 bits per heavy atom. The molecule has 17 heavy (non-hydrogen) atoms. The highest BCUT2D eigenvalue weighted by atomic mass is 79.9. The second-order valence-corrected chi connectivity index (χ2v) is 5.92. The van der Waals surface area contributed by atoms with E-state index in [4.69, 9.17) is 17.4 Å². The highest BCUT2D eigenvalue weighted by Gasteiger charge is 2.12. The van der Waals surface area contributed by atoms with Crippen molar-refractivity contribution in [3.63, 3.8) is 0 Å². The van der Waals surface area contributed by atoms with Crippen LogP contribution in [0.1, 0.15) is 16.5 Å². The molecule has 2 rings (SSSR count). The number of nitrogens with two attached hydrogens (primary N) is 1. The van der Waals surface area contributed by atoms with Crippen molar-refractivity contribution in [1.29, 1.82) is 0 Å². The van der Waals surface area contributed by atoms with Crippen molar-refractivity contribution in [3.05, 3.63) is 49.8 Å². The van der Waals surface area contributed by atoms with Gasteiger partial charge in [-0.15, -0.1) is 11.3 Å². The molecule has 0 saturated carbocycles. The molecule has 6 heteroatoms. The van der Waals surface area contributed by atoms with Crippen LogP contribution in [0.4, 0.5) is 0 Å². The van der Waals surface area contributed by atoms with Crippen LogP contribution in [0.2, 0.25) is 5.02 Å². The Kier molecular flexibility index (Phi) is 4.53. The molecule has 0 aliphatic carbocycles. The number of halogens is 2. The quantitative estimate of drug-likeness (QED) is 0.667. The molecular weight excluding hydrogens is 322 g/mol. The maximum Gasteiger partial charge on any atom is 0.0794 e. The SMILES string of the molecule is NNC(Cc1cncs1)c1cc(Cl)cc(Br)c1. The Bertz CT molecular complexity index is 469. The van der Waals surface area contributed by atoms with Gasteiger partial charge < -0.3 is 0 Å². The normalized spacial score (nSPS) is 12.6. The second-order valence-electron chi connectivity index (χ2n) is 3.59. The van der Waals surface area contributed by atoms with Gasteiger partial charge in [-0.25, -0.2) is 0 Å². The van der Waals surface area contributed by atoms with Gasteiger partial charge in [0.1, 0.15) is 0 Å². The Labute approximate surface area is 117 Å². The number of rotatable bonds is 4. The lowest BCUT2D eigenvalue weighted by Gasteiger charge is -2.16. The molecule has 1 heterocycles. The number of benzene rings is 1. The first-order valence-electron chi connectivity index (χ1n) is 4.98. The van der Waals surface area contributed by atoms with E-state index in [-0.39, 0.29) is 6.04 Å². The number of hydrogen-bond acceptors (Lipinski definition) is 4. The summed E-state index contributed by atoms with van der Waals surface area (Å²) in [6.07, 6.45) is 2.66. The summed E-state index contributed by atoms with van der Waals surface area (Å²) in [4.78, 5) is 5.24. The van der Waals surface area contributed by atoms with E-state index in [1.165, 1.54) is 4.88 Å². The Morgan fingerprint density at radius 2 is 2.29 bits per heavy atom. The zero-order chi connectivity index (χ0) is 12.3. The maximum absolute atomic E-state index is 6.02. The van der Waals surface area contributed by atoms with Crippen molar-refractivity contribution >= 4 is 38.9 Å². The van der Waals surface area contributed by atoms with E-state index in [1.54, 1.807) is 11.3 Å². The minimum atomic E-state index is 0.0328. The van der Waals surface area contributed by atoms with Crippen molar-refractivity contribution in [2.75, 3.05) is 0 Å². The second kappa shape index (κ2) is 5.93. The molecule has 0 bridgehead atoms. The van der Waals surface area contributed by atoms with Gasteiger partial charge in [-0.1, -0.05) is 27.5 Å². The lowest BCUT2D eigenvalue weighted by atomic mass is 10.0. The number of hydrazine groups is 1. The molecule has 1 atom stereocenters. The van der Waals surface area contributed by atoms with Gasteiger partial charge in [-0.2, -0.15) is 0 Å². The van der Waals surface area contributed by atoms with Gasteiger partial charge >= 0.3 is 0 Å². The van der Waals surface area contributed by atoms with Gasteiger partial charge in [-0.3, -0.25) is 16.3 Å². The van der Waals surface area contributed by atoms with Crippen LogP contribution in [0, 0.1) is 0 Å². The average Bonchev–Trinajstić information content (AvgIpc) is 2.77. The smallest absolute Gasteiger partial charge is 0.0794 e. The Morgan fingerprint density at radius 1 is 1.47 bits per heavy atom. The summed E-state index contributed by atoms with van der Waals surface area (Å²) >= 11 is 11.1. The van der Waals surface area contributed by atoms with E-state index < -0.39 is 0 Å². The van der Waals surface area contributed by atoms with Crippen LogP contribution in [-0.2, 0) is 6.42 Å². The van der Waals surface area contributed by atoms with Crippen molar-refractivity contribution in [1.82, 2.24) is 10.4 Å². The molecule has 0 saturated heterocycles. The molecule has 1 aromatic heterocycles. The third-order valence-electron chi connectivity index (χ3n) is 2.38. The number of nitrogens with zero attached hydrogens (tertiary/aromatic N) is 1. The first-order valence-corrected chi connectivity index (χ1v) is 7.03. The zero-order valence-electron chi connectivity index (χ0n) is 8.86. The molecular formula is C11H11BrClN3S. The predicted molar refractivity (Wildman–Crippen MR) is 75.0 cm³/mol. The third kappa shape index (κ3) is 3.50.